The summed E-state index contributed by atoms with van der Waals surface area (Å²) in [6, 6.07) is 10.2. The quantitative estimate of drug-likeness (QED) is 0.679. The monoisotopic (exact) mass is 407 g/mol. The number of aliphatic hydroxyl groups is 1. The Labute approximate surface area is 176 Å². The van der Waals surface area contributed by atoms with Crippen LogP contribution in [0.15, 0.2) is 30.3 Å². The number of fused-ring (bicyclic) bond motifs is 1. The van der Waals surface area contributed by atoms with E-state index in [1.54, 1.807) is 4.68 Å². The minimum atomic E-state index is -0.145. The van der Waals surface area contributed by atoms with Crippen molar-refractivity contribution in [2.24, 2.45) is 7.05 Å². The maximum absolute atomic E-state index is 12.9. The molecule has 7 nitrogen and oxygen atoms in total. The van der Waals surface area contributed by atoms with Crippen molar-refractivity contribution in [3.8, 4) is 0 Å². The number of piperidine rings is 1. The van der Waals surface area contributed by atoms with E-state index >= 15 is 0 Å². The Kier molecular flexibility index (Phi) is 5.83. The fourth-order valence-corrected chi connectivity index (χ4v) is 4.12. The third-order valence-corrected chi connectivity index (χ3v) is 5.78. The zero-order valence-corrected chi connectivity index (χ0v) is 17.9. The minimum Gasteiger partial charge on any atom is -0.393 e. The highest BCUT2D eigenvalue weighted by Crippen LogP contribution is 2.21. The van der Waals surface area contributed by atoms with Crippen LogP contribution < -0.4 is 5.32 Å². The van der Waals surface area contributed by atoms with Crippen LogP contribution in [0.5, 0.6) is 0 Å². The van der Waals surface area contributed by atoms with Crippen molar-refractivity contribution < 1.29 is 9.90 Å². The van der Waals surface area contributed by atoms with E-state index in [4.69, 9.17) is 0 Å². The number of pyridine rings is 1. The van der Waals surface area contributed by atoms with Crippen LogP contribution in [0.1, 0.15) is 45.7 Å². The number of benzene rings is 1. The van der Waals surface area contributed by atoms with Gasteiger partial charge >= 0.3 is 0 Å². The zero-order valence-electron chi connectivity index (χ0n) is 17.9. The number of amides is 1. The number of hydrogen-bond donors (Lipinski definition) is 2. The summed E-state index contributed by atoms with van der Waals surface area (Å²) >= 11 is 0. The molecule has 158 valence electrons. The summed E-state index contributed by atoms with van der Waals surface area (Å²) < 4.78 is 1.72. The van der Waals surface area contributed by atoms with Crippen LogP contribution in [0, 0.1) is 13.8 Å². The van der Waals surface area contributed by atoms with Crippen molar-refractivity contribution in [3.05, 3.63) is 58.4 Å². The first-order chi connectivity index (χ1) is 14.4. The number of carbonyl (C=O) groups excluding carboxylic acids is 1. The van der Waals surface area contributed by atoms with Gasteiger partial charge in [-0.2, -0.15) is 5.10 Å². The summed E-state index contributed by atoms with van der Waals surface area (Å²) in [5.41, 5.74) is 5.26. The average Bonchev–Trinajstić information content (AvgIpc) is 3.01. The molecule has 2 aromatic heterocycles. The summed E-state index contributed by atoms with van der Waals surface area (Å²) in [6.07, 6.45) is 1.55. The van der Waals surface area contributed by atoms with Gasteiger partial charge in [0, 0.05) is 38.9 Å². The lowest BCUT2D eigenvalue weighted by Gasteiger charge is -2.29. The van der Waals surface area contributed by atoms with E-state index in [2.05, 4.69) is 44.6 Å². The average molecular weight is 408 g/mol. The van der Waals surface area contributed by atoms with E-state index in [0.29, 0.717) is 12.1 Å². The van der Waals surface area contributed by atoms with Crippen LogP contribution in [0.2, 0.25) is 0 Å². The summed E-state index contributed by atoms with van der Waals surface area (Å²) in [5.74, 6) is -0.113. The maximum atomic E-state index is 12.9. The lowest BCUT2D eigenvalue weighted by molar-refractivity contribution is 0.0792. The number of nitrogens with zero attached hydrogens (tertiary/aromatic N) is 4. The Morgan fingerprint density at radius 2 is 1.83 bits per heavy atom. The third kappa shape index (κ3) is 4.37. The molecule has 0 aliphatic carbocycles. The van der Waals surface area contributed by atoms with Crippen molar-refractivity contribution in [3.63, 3.8) is 0 Å². The molecule has 2 N–H and O–H groups in total. The van der Waals surface area contributed by atoms with Crippen molar-refractivity contribution in [1.29, 1.82) is 0 Å². The van der Waals surface area contributed by atoms with Gasteiger partial charge in [-0.15, -0.1) is 0 Å². The molecule has 0 spiro atoms. The number of rotatable bonds is 5. The Bertz CT molecular complexity index is 1050. The van der Waals surface area contributed by atoms with E-state index in [1.165, 1.54) is 5.56 Å². The topological polar surface area (TPSA) is 83.3 Å². The Morgan fingerprint density at radius 1 is 1.17 bits per heavy atom. The molecule has 3 heterocycles. The highest BCUT2D eigenvalue weighted by molar-refractivity contribution is 6.06. The van der Waals surface area contributed by atoms with Gasteiger partial charge in [-0.3, -0.25) is 14.4 Å². The second-order valence-corrected chi connectivity index (χ2v) is 8.23. The van der Waals surface area contributed by atoms with Crippen LogP contribution in [0.4, 0.5) is 0 Å². The van der Waals surface area contributed by atoms with Gasteiger partial charge in [0.15, 0.2) is 5.65 Å². The Balaban J connectivity index is 1.40. The largest absolute Gasteiger partial charge is 0.393 e. The van der Waals surface area contributed by atoms with Gasteiger partial charge in [-0.05, 0) is 43.9 Å². The normalized spacial score (nSPS) is 15.6. The Hall–Kier alpha value is -2.77. The fraction of sp³-hybridized carbons (Fsp3) is 0.435. The number of hydrogen-bond acceptors (Lipinski definition) is 5. The van der Waals surface area contributed by atoms with Crippen LogP contribution >= 0.6 is 0 Å². The molecule has 0 saturated carbocycles. The van der Waals surface area contributed by atoms with Crippen molar-refractivity contribution >= 4 is 16.9 Å². The van der Waals surface area contributed by atoms with Crippen LogP contribution in [-0.2, 0) is 20.1 Å². The number of nitrogens with one attached hydrogen (secondary N) is 1. The van der Waals surface area contributed by atoms with Crippen molar-refractivity contribution in [2.45, 2.75) is 45.9 Å². The predicted octanol–water partition coefficient (Wildman–Crippen LogP) is 2.47. The lowest BCUT2D eigenvalue weighted by Crippen LogP contribution is -2.35. The molecule has 0 bridgehead atoms. The molecule has 7 heteroatoms. The summed E-state index contributed by atoms with van der Waals surface area (Å²) in [4.78, 5) is 19.8. The highest BCUT2D eigenvalue weighted by Gasteiger charge is 2.18. The zero-order chi connectivity index (χ0) is 21.3. The van der Waals surface area contributed by atoms with E-state index < -0.39 is 0 Å². The van der Waals surface area contributed by atoms with Crippen LogP contribution in [-0.4, -0.2) is 49.9 Å². The number of carbonyl (C=O) groups is 1. The molecule has 4 rings (SSSR count). The van der Waals surface area contributed by atoms with E-state index in [0.717, 1.165) is 60.5 Å². The lowest BCUT2D eigenvalue weighted by atomic mass is 10.1. The predicted molar refractivity (Wildman–Crippen MR) is 116 cm³/mol. The second kappa shape index (κ2) is 8.53. The summed E-state index contributed by atoms with van der Waals surface area (Å²) in [5, 5.41) is 17.9. The SMILES string of the molecule is Cc1cc(C(=O)NCc2ccc(CN3CCC(O)CC3)cc2)c2c(C)nn(C)c2n1. The fourth-order valence-electron chi connectivity index (χ4n) is 4.12. The molecule has 3 aromatic rings. The van der Waals surface area contributed by atoms with Crippen LogP contribution in [0.25, 0.3) is 11.0 Å². The standard InChI is InChI=1S/C23H29N5O2/c1-15-12-20(21-16(2)26-27(3)22(21)25-15)23(30)24-13-17-4-6-18(7-5-17)14-28-10-8-19(29)9-11-28/h4-7,12,19,29H,8-11,13-14H2,1-3H3,(H,24,30). The molecular formula is C23H29N5O2. The van der Waals surface area contributed by atoms with E-state index in [1.807, 2.05) is 27.0 Å². The maximum Gasteiger partial charge on any atom is 0.252 e. The van der Waals surface area contributed by atoms with Gasteiger partial charge in [0.1, 0.15) is 0 Å². The first-order valence-electron chi connectivity index (χ1n) is 10.5. The van der Waals surface area contributed by atoms with Crippen molar-refractivity contribution in [2.75, 3.05) is 13.1 Å². The number of likely N-dealkylation sites (tertiary alicyclic amines) is 1. The van der Waals surface area contributed by atoms with Gasteiger partial charge in [-0.25, -0.2) is 4.98 Å². The first-order valence-corrected chi connectivity index (χ1v) is 10.5. The molecule has 1 aliphatic heterocycles. The number of aliphatic hydroxyl groups excluding tert-OH is 1. The van der Waals surface area contributed by atoms with Crippen LogP contribution in [0.3, 0.4) is 0 Å². The molecule has 0 radical (unpaired) electrons. The Morgan fingerprint density at radius 3 is 2.53 bits per heavy atom. The molecule has 1 fully saturated rings. The van der Waals surface area contributed by atoms with E-state index in [9.17, 15) is 9.90 Å². The third-order valence-electron chi connectivity index (χ3n) is 5.78. The molecule has 1 amide bonds. The number of aromatic nitrogens is 3. The summed E-state index contributed by atoms with van der Waals surface area (Å²) in [7, 11) is 1.84. The van der Waals surface area contributed by atoms with Gasteiger partial charge in [0.05, 0.1) is 22.7 Å². The second-order valence-electron chi connectivity index (χ2n) is 8.23. The van der Waals surface area contributed by atoms with Gasteiger partial charge in [-0.1, -0.05) is 24.3 Å². The van der Waals surface area contributed by atoms with Gasteiger partial charge < -0.3 is 10.4 Å². The molecule has 0 unspecified atom stereocenters. The molecule has 1 saturated heterocycles. The van der Waals surface area contributed by atoms with Gasteiger partial charge in [0.2, 0.25) is 0 Å². The molecule has 30 heavy (non-hydrogen) atoms. The minimum absolute atomic E-state index is 0.113. The summed E-state index contributed by atoms with van der Waals surface area (Å²) in [6.45, 7) is 7.03. The molecule has 1 aromatic carbocycles. The molecular weight excluding hydrogens is 378 g/mol. The molecule has 1 aliphatic rings. The number of aryl methyl sites for hydroxylation is 3. The highest BCUT2D eigenvalue weighted by atomic mass is 16.3. The van der Waals surface area contributed by atoms with E-state index in [-0.39, 0.29) is 12.0 Å². The van der Waals surface area contributed by atoms with Crippen molar-refractivity contribution in [1.82, 2.24) is 25.0 Å². The van der Waals surface area contributed by atoms with Gasteiger partial charge in [0.25, 0.3) is 5.91 Å². The molecule has 0 atom stereocenters. The smallest absolute Gasteiger partial charge is 0.252 e. The first kappa shape index (κ1) is 20.5.